The van der Waals surface area contributed by atoms with Gasteiger partial charge in [0, 0.05) is 37.8 Å². The molecule has 0 aliphatic carbocycles. The number of halogens is 1. The number of anilines is 1. The number of hydrogen-bond acceptors (Lipinski definition) is 6. The molecule has 0 saturated heterocycles. The van der Waals surface area contributed by atoms with Crippen molar-refractivity contribution in [3.63, 3.8) is 0 Å². The molecule has 0 unspecified atom stereocenters. The SMILES string of the molecule is CC(C)(C)OC(=O)N1CC2=C(C1)CN(c1cccc(OCc3ccc(C#N)cc3F)n1)C2. The molecule has 1 amide bonds. The maximum absolute atomic E-state index is 14.1. The summed E-state index contributed by atoms with van der Waals surface area (Å²) in [5, 5.41) is 8.85. The van der Waals surface area contributed by atoms with E-state index in [1.165, 1.54) is 17.2 Å². The molecule has 2 aromatic rings. The molecule has 0 atom stereocenters. The lowest BCUT2D eigenvalue weighted by molar-refractivity contribution is 0.0297. The molecule has 2 aliphatic rings. The van der Waals surface area contributed by atoms with Crippen molar-refractivity contribution < 1.29 is 18.7 Å². The van der Waals surface area contributed by atoms with Gasteiger partial charge in [-0.15, -0.1) is 0 Å². The maximum atomic E-state index is 14.1. The fraction of sp³-hybridized carbons (Fsp3) is 0.375. The van der Waals surface area contributed by atoms with E-state index in [0.29, 0.717) is 37.6 Å². The number of rotatable bonds is 4. The Hall–Kier alpha value is -3.60. The summed E-state index contributed by atoms with van der Waals surface area (Å²) >= 11 is 0. The Kier molecular flexibility index (Phi) is 5.74. The fourth-order valence-electron chi connectivity index (χ4n) is 3.74. The topological polar surface area (TPSA) is 78.7 Å². The quantitative estimate of drug-likeness (QED) is 0.673. The first-order chi connectivity index (χ1) is 15.2. The van der Waals surface area contributed by atoms with Crippen molar-refractivity contribution in [3.8, 4) is 11.9 Å². The van der Waals surface area contributed by atoms with Crippen LogP contribution >= 0.6 is 0 Å². The third-order valence-corrected chi connectivity index (χ3v) is 5.27. The lowest BCUT2D eigenvalue weighted by Crippen LogP contribution is -2.38. The smallest absolute Gasteiger partial charge is 0.410 e. The minimum Gasteiger partial charge on any atom is -0.473 e. The number of hydrogen-bond donors (Lipinski definition) is 0. The average Bonchev–Trinajstić information content (AvgIpc) is 3.31. The van der Waals surface area contributed by atoms with Gasteiger partial charge in [-0.3, -0.25) is 0 Å². The molecule has 1 aromatic carbocycles. The number of nitriles is 1. The van der Waals surface area contributed by atoms with Crippen LogP contribution in [0.1, 0.15) is 31.9 Å². The van der Waals surface area contributed by atoms with E-state index in [2.05, 4.69) is 9.88 Å². The molecule has 1 aromatic heterocycles. The molecule has 0 fully saturated rings. The molecular weight excluding hydrogens is 411 g/mol. The third kappa shape index (κ3) is 4.83. The van der Waals surface area contributed by atoms with Crippen LogP contribution < -0.4 is 9.64 Å². The second kappa shape index (κ2) is 8.50. The Labute approximate surface area is 186 Å². The largest absolute Gasteiger partial charge is 0.473 e. The Morgan fingerprint density at radius 2 is 1.88 bits per heavy atom. The van der Waals surface area contributed by atoms with Crippen molar-refractivity contribution >= 4 is 11.9 Å². The highest BCUT2D eigenvalue weighted by Gasteiger charge is 2.34. The van der Waals surface area contributed by atoms with Crippen LogP contribution in [0.4, 0.5) is 15.0 Å². The van der Waals surface area contributed by atoms with Crippen LogP contribution in [-0.4, -0.2) is 47.8 Å². The highest BCUT2D eigenvalue weighted by Crippen LogP contribution is 2.30. The molecule has 0 bridgehead atoms. The van der Waals surface area contributed by atoms with Crippen LogP contribution in [0.2, 0.25) is 0 Å². The average molecular weight is 436 g/mol. The van der Waals surface area contributed by atoms with Crippen LogP contribution in [0.3, 0.4) is 0 Å². The number of pyridine rings is 1. The zero-order valence-electron chi connectivity index (χ0n) is 18.4. The highest BCUT2D eigenvalue weighted by atomic mass is 19.1. The van der Waals surface area contributed by atoms with Crippen LogP contribution in [0.5, 0.6) is 5.88 Å². The molecule has 7 nitrogen and oxygen atoms in total. The number of benzene rings is 1. The minimum absolute atomic E-state index is 0.0214. The summed E-state index contributed by atoms with van der Waals surface area (Å²) in [7, 11) is 0. The van der Waals surface area contributed by atoms with Gasteiger partial charge in [0.25, 0.3) is 0 Å². The van der Waals surface area contributed by atoms with Gasteiger partial charge in [0.1, 0.15) is 23.8 Å². The summed E-state index contributed by atoms with van der Waals surface area (Å²) in [6.07, 6.45) is -0.290. The highest BCUT2D eigenvalue weighted by molar-refractivity contribution is 5.71. The summed E-state index contributed by atoms with van der Waals surface area (Å²) < 4.78 is 25.2. The Morgan fingerprint density at radius 1 is 1.16 bits per heavy atom. The van der Waals surface area contributed by atoms with Gasteiger partial charge in [-0.25, -0.2) is 9.18 Å². The third-order valence-electron chi connectivity index (χ3n) is 5.27. The first kappa shape index (κ1) is 21.6. The molecule has 0 N–H and O–H groups in total. The summed E-state index contributed by atoms with van der Waals surface area (Å²) in [5.74, 6) is 0.685. The van der Waals surface area contributed by atoms with Gasteiger partial charge in [-0.1, -0.05) is 12.1 Å². The number of amides is 1. The predicted molar refractivity (Wildman–Crippen MR) is 117 cm³/mol. The number of ether oxygens (including phenoxy) is 2. The van der Waals surface area contributed by atoms with Gasteiger partial charge >= 0.3 is 6.09 Å². The number of carbonyl (C=O) groups excluding carboxylic acids is 1. The van der Waals surface area contributed by atoms with Crippen molar-refractivity contribution in [2.24, 2.45) is 0 Å². The molecule has 0 saturated carbocycles. The van der Waals surface area contributed by atoms with E-state index in [1.54, 1.807) is 23.1 Å². The lowest BCUT2D eigenvalue weighted by Gasteiger charge is -2.27. The summed E-state index contributed by atoms with van der Waals surface area (Å²) in [5.41, 5.74) is 2.54. The van der Waals surface area contributed by atoms with Gasteiger partial charge in [0.05, 0.1) is 11.6 Å². The van der Waals surface area contributed by atoms with Crippen molar-refractivity contribution in [3.05, 3.63) is 64.5 Å². The van der Waals surface area contributed by atoms with E-state index in [9.17, 15) is 9.18 Å². The van der Waals surface area contributed by atoms with E-state index in [0.717, 1.165) is 5.82 Å². The normalized spacial score (nSPS) is 15.6. The molecule has 32 heavy (non-hydrogen) atoms. The summed E-state index contributed by atoms with van der Waals surface area (Å²) in [4.78, 5) is 20.7. The van der Waals surface area contributed by atoms with Crippen LogP contribution in [0, 0.1) is 17.1 Å². The van der Waals surface area contributed by atoms with Crippen molar-refractivity contribution in [2.75, 3.05) is 31.1 Å². The summed E-state index contributed by atoms with van der Waals surface area (Å²) in [6, 6.07) is 11.7. The molecule has 2 aliphatic heterocycles. The fourth-order valence-corrected chi connectivity index (χ4v) is 3.74. The molecule has 8 heteroatoms. The van der Waals surface area contributed by atoms with Crippen LogP contribution in [-0.2, 0) is 11.3 Å². The first-order valence-electron chi connectivity index (χ1n) is 10.4. The van der Waals surface area contributed by atoms with Gasteiger partial charge in [0.15, 0.2) is 0 Å². The van der Waals surface area contributed by atoms with Crippen LogP contribution in [0.15, 0.2) is 47.5 Å². The van der Waals surface area contributed by atoms with E-state index >= 15 is 0 Å². The van der Waals surface area contributed by atoms with Crippen molar-refractivity contribution in [2.45, 2.75) is 33.0 Å². The second-order valence-corrected chi connectivity index (χ2v) is 8.94. The molecule has 4 rings (SSSR count). The zero-order valence-corrected chi connectivity index (χ0v) is 18.4. The minimum atomic E-state index is -0.513. The van der Waals surface area contributed by atoms with Crippen molar-refractivity contribution in [1.29, 1.82) is 5.26 Å². The van der Waals surface area contributed by atoms with Gasteiger partial charge < -0.3 is 19.3 Å². The van der Waals surface area contributed by atoms with E-state index < -0.39 is 11.4 Å². The molecular formula is C24H25FN4O3. The predicted octanol–water partition coefficient (Wildman–Crippen LogP) is 4.04. The van der Waals surface area contributed by atoms with Crippen molar-refractivity contribution in [1.82, 2.24) is 9.88 Å². The summed E-state index contributed by atoms with van der Waals surface area (Å²) in [6.45, 7) is 8.11. The van der Waals surface area contributed by atoms with E-state index in [-0.39, 0.29) is 18.3 Å². The van der Waals surface area contributed by atoms with E-state index in [4.69, 9.17) is 14.7 Å². The lowest BCUT2D eigenvalue weighted by atomic mass is 10.1. The molecule has 0 spiro atoms. The number of aromatic nitrogens is 1. The van der Waals surface area contributed by atoms with Gasteiger partial charge in [0.2, 0.25) is 5.88 Å². The second-order valence-electron chi connectivity index (χ2n) is 8.94. The number of nitrogens with zero attached hydrogens (tertiary/aromatic N) is 4. The van der Waals surface area contributed by atoms with E-state index in [1.807, 2.05) is 39.0 Å². The molecule has 166 valence electrons. The Balaban J connectivity index is 1.35. The van der Waals surface area contributed by atoms with Gasteiger partial charge in [-0.05, 0) is 50.1 Å². The monoisotopic (exact) mass is 436 g/mol. The van der Waals surface area contributed by atoms with Crippen LogP contribution in [0.25, 0.3) is 0 Å². The first-order valence-corrected chi connectivity index (χ1v) is 10.4. The Bertz CT molecular complexity index is 1100. The number of carbonyl (C=O) groups is 1. The Morgan fingerprint density at radius 3 is 2.50 bits per heavy atom. The zero-order chi connectivity index (χ0) is 22.9. The maximum Gasteiger partial charge on any atom is 0.410 e. The standard InChI is InChI=1S/C24H25FN4O3/c1-24(2,3)32-23(30)29-13-18-11-28(12-19(18)14-29)21-5-4-6-22(27-21)31-15-17-8-7-16(10-26)9-20(17)25/h4-9H,11-15H2,1-3H3. The molecule has 3 heterocycles. The molecule has 0 radical (unpaired) electrons. The van der Waals surface area contributed by atoms with Gasteiger partial charge in [-0.2, -0.15) is 10.2 Å².